The normalized spacial score (nSPS) is 12.2. The number of thioether (sulfide) groups is 1. The lowest BCUT2D eigenvalue weighted by Gasteiger charge is -2.11. The first-order valence-electron chi connectivity index (χ1n) is 5.23. The Morgan fingerprint density at radius 1 is 1.53 bits per heavy atom. The SMILES string of the molecule is COCC(Br)CNC(=O)c1ccccc1SC. The molecule has 94 valence electrons. The molecule has 0 aliphatic carbocycles. The maximum Gasteiger partial charge on any atom is 0.252 e. The Morgan fingerprint density at radius 3 is 2.88 bits per heavy atom. The molecule has 1 rings (SSSR count). The second-order valence-electron chi connectivity index (χ2n) is 3.46. The van der Waals surface area contributed by atoms with Crippen molar-refractivity contribution in [1.82, 2.24) is 5.32 Å². The minimum atomic E-state index is -0.0458. The van der Waals surface area contributed by atoms with Gasteiger partial charge in [0.15, 0.2) is 0 Å². The molecular weight excluding hydrogens is 302 g/mol. The van der Waals surface area contributed by atoms with Crippen molar-refractivity contribution in [1.29, 1.82) is 0 Å². The third-order valence-corrected chi connectivity index (χ3v) is 3.57. The summed E-state index contributed by atoms with van der Waals surface area (Å²) in [5.74, 6) is -0.0458. The summed E-state index contributed by atoms with van der Waals surface area (Å²) >= 11 is 5.00. The molecule has 1 aromatic carbocycles. The van der Waals surface area contributed by atoms with Crippen LogP contribution in [0.5, 0.6) is 0 Å². The molecule has 3 nitrogen and oxygen atoms in total. The van der Waals surface area contributed by atoms with E-state index >= 15 is 0 Å². The number of hydrogen-bond acceptors (Lipinski definition) is 3. The zero-order valence-electron chi connectivity index (χ0n) is 9.90. The van der Waals surface area contributed by atoms with E-state index in [2.05, 4.69) is 21.2 Å². The smallest absolute Gasteiger partial charge is 0.252 e. The number of hydrogen-bond donors (Lipinski definition) is 1. The molecule has 1 amide bonds. The van der Waals surface area contributed by atoms with Gasteiger partial charge in [0, 0.05) is 18.6 Å². The number of halogens is 1. The van der Waals surface area contributed by atoms with Crippen LogP contribution in [0.25, 0.3) is 0 Å². The molecule has 0 spiro atoms. The summed E-state index contributed by atoms with van der Waals surface area (Å²) in [6.45, 7) is 1.12. The van der Waals surface area contributed by atoms with Gasteiger partial charge in [0.25, 0.3) is 5.91 Å². The second kappa shape index (κ2) is 7.74. The highest BCUT2D eigenvalue weighted by molar-refractivity contribution is 9.09. The largest absolute Gasteiger partial charge is 0.383 e. The van der Waals surface area contributed by atoms with Crippen molar-refractivity contribution in [2.45, 2.75) is 9.72 Å². The lowest BCUT2D eigenvalue weighted by Crippen LogP contribution is -2.31. The minimum Gasteiger partial charge on any atom is -0.383 e. The molecular formula is C12H16BrNO2S. The first-order valence-corrected chi connectivity index (χ1v) is 7.37. The lowest BCUT2D eigenvalue weighted by molar-refractivity contribution is 0.0947. The van der Waals surface area contributed by atoms with Crippen LogP contribution in [0.3, 0.4) is 0 Å². The van der Waals surface area contributed by atoms with Gasteiger partial charge in [0.2, 0.25) is 0 Å². The van der Waals surface area contributed by atoms with Crippen molar-refractivity contribution >= 4 is 33.6 Å². The van der Waals surface area contributed by atoms with Crippen molar-refractivity contribution in [3.8, 4) is 0 Å². The predicted molar refractivity (Wildman–Crippen MR) is 75.1 cm³/mol. The van der Waals surface area contributed by atoms with E-state index in [1.54, 1.807) is 18.9 Å². The number of nitrogens with one attached hydrogen (secondary N) is 1. The van der Waals surface area contributed by atoms with Crippen LogP contribution in [0.4, 0.5) is 0 Å². The van der Waals surface area contributed by atoms with Crippen LogP contribution in [-0.2, 0) is 4.74 Å². The Kier molecular flexibility index (Phi) is 6.62. The number of benzene rings is 1. The Labute approximate surface area is 114 Å². The zero-order valence-corrected chi connectivity index (χ0v) is 12.3. The molecule has 0 aliphatic heterocycles. The molecule has 0 fully saturated rings. The minimum absolute atomic E-state index is 0.0458. The predicted octanol–water partition coefficient (Wildman–Crippen LogP) is 2.55. The van der Waals surface area contributed by atoms with Gasteiger partial charge in [-0.2, -0.15) is 0 Å². The topological polar surface area (TPSA) is 38.3 Å². The number of amides is 1. The fourth-order valence-corrected chi connectivity index (χ4v) is 2.39. The van der Waals surface area contributed by atoms with E-state index in [9.17, 15) is 4.79 Å². The average molecular weight is 318 g/mol. The van der Waals surface area contributed by atoms with Gasteiger partial charge in [-0.1, -0.05) is 28.1 Å². The highest BCUT2D eigenvalue weighted by Crippen LogP contribution is 2.19. The second-order valence-corrected chi connectivity index (χ2v) is 5.61. The van der Waals surface area contributed by atoms with E-state index in [0.29, 0.717) is 13.2 Å². The van der Waals surface area contributed by atoms with E-state index in [1.165, 1.54) is 0 Å². The Hall–Kier alpha value is -0.520. The third-order valence-electron chi connectivity index (χ3n) is 2.18. The van der Waals surface area contributed by atoms with Crippen molar-refractivity contribution < 1.29 is 9.53 Å². The molecule has 0 saturated heterocycles. The van der Waals surface area contributed by atoms with Crippen LogP contribution in [-0.4, -0.2) is 37.3 Å². The molecule has 5 heteroatoms. The van der Waals surface area contributed by atoms with Crippen LogP contribution < -0.4 is 5.32 Å². The number of carbonyl (C=O) groups is 1. The quantitative estimate of drug-likeness (QED) is 0.647. The van der Waals surface area contributed by atoms with Gasteiger partial charge >= 0.3 is 0 Å². The maximum atomic E-state index is 11.9. The molecule has 0 bridgehead atoms. The van der Waals surface area contributed by atoms with Crippen molar-refractivity contribution in [3.63, 3.8) is 0 Å². The molecule has 1 N–H and O–H groups in total. The van der Waals surface area contributed by atoms with Crippen LogP contribution in [0.15, 0.2) is 29.2 Å². The zero-order chi connectivity index (χ0) is 12.7. The van der Waals surface area contributed by atoms with Crippen molar-refractivity contribution in [3.05, 3.63) is 29.8 Å². The van der Waals surface area contributed by atoms with Crippen LogP contribution >= 0.6 is 27.7 Å². The summed E-state index contributed by atoms with van der Waals surface area (Å²) in [7, 11) is 1.64. The van der Waals surface area contributed by atoms with Crippen LogP contribution in [0, 0.1) is 0 Å². The van der Waals surface area contributed by atoms with E-state index in [-0.39, 0.29) is 10.7 Å². The summed E-state index contributed by atoms with van der Waals surface area (Å²) in [6, 6.07) is 7.58. The monoisotopic (exact) mass is 317 g/mol. The molecule has 0 saturated carbocycles. The fraction of sp³-hybridized carbons (Fsp3) is 0.417. The van der Waals surface area contributed by atoms with Crippen LogP contribution in [0.2, 0.25) is 0 Å². The molecule has 1 aromatic rings. The van der Waals surface area contributed by atoms with Crippen molar-refractivity contribution in [2.24, 2.45) is 0 Å². The van der Waals surface area contributed by atoms with E-state index < -0.39 is 0 Å². The molecule has 1 unspecified atom stereocenters. The molecule has 0 radical (unpaired) electrons. The number of methoxy groups -OCH3 is 1. The molecule has 0 aromatic heterocycles. The summed E-state index contributed by atoms with van der Waals surface area (Å²) < 4.78 is 4.98. The summed E-state index contributed by atoms with van der Waals surface area (Å²) in [4.78, 5) is 13.1. The Bertz CT molecular complexity index is 373. The van der Waals surface area contributed by atoms with Gasteiger partial charge < -0.3 is 10.1 Å². The van der Waals surface area contributed by atoms with Gasteiger partial charge in [-0.15, -0.1) is 11.8 Å². The van der Waals surface area contributed by atoms with E-state index in [0.717, 1.165) is 10.5 Å². The van der Waals surface area contributed by atoms with Gasteiger partial charge in [0.05, 0.1) is 17.0 Å². The maximum absolute atomic E-state index is 11.9. The molecule has 1 atom stereocenters. The Balaban J connectivity index is 2.58. The van der Waals surface area contributed by atoms with Gasteiger partial charge in [-0.05, 0) is 18.4 Å². The number of carbonyl (C=O) groups excluding carboxylic acids is 1. The first-order chi connectivity index (χ1) is 8.19. The Morgan fingerprint density at radius 2 is 2.24 bits per heavy atom. The van der Waals surface area contributed by atoms with E-state index in [4.69, 9.17) is 4.74 Å². The third kappa shape index (κ3) is 4.69. The average Bonchev–Trinajstić information content (AvgIpc) is 2.36. The van der Waals surface area contributed by atoms with Gasteiger partial charge in [-0.3, -0.25) is 4.79 Å². The summed E-state index contributed by atoms with van der Waals surface area (Å²) in [6.07, 6.45) is 1.96. The van der Waals surface area contributed by atoms with Gasteiger partial charge in [0.1, 0.15) is 0 Å². The number of alkyl halides is 1. The number of rotatable bonds is 6. The molecule has 0 aliphatic rings. The lowest BCUT2D eigenvalue weighted by atomic mass is 10.2. The fourth-order valence-electron chi connectivity index (χ4n) is 1.37. The molecule has 0 heterocycles. The molecule has 17 heavy (non-hydrogen) atoms. The van der Waals surface area contributed by atoms with Crippen molar-refractivity contribution in [2.75, 3.05) is 26.5 Å². The number of ether oxygens (including phenoxy) is 1. The highest BCUT2D eigenvalue weighted by Gasteiger charge is 2.11. The van der Waals surface area contributed by atoms with E-state index in [1.807, 2.05) is 30.5 Å². The van der Waals surface area contributed by atoms with Crippen LogP contribution in [0.1, 0.15) is 10.4 Å². The summed E-state index contributed by atoms with van der Waals surface area (Å²) in [5.41, 5.74) is 0.720. The van der Waals surface area contributed by atoms with Gasteiger partial charge in [-0.25, -0.2) is 0 Å². The standard InChI is InChI=1S/C12H16BrNO2S/c1-16-8-9(13)7-14-12(15)10-5-3-4-6-11(10)17-2/h3-6,9H,7-8H2,1-2H3,(H,14,15). The summed E-state index contributed by atoms with van der Waals surface area (Å²) in [5, 5.41) is 2.88. The highest BCUT2D eigenvalue weighted by atomic mass is 79.9. The first kappa shape index (κ1) is 14.5.